The lowest BCUT2D eigenvalue weighted by Gasteiger charge is -2.38. The minimum Gasteiger partial charge on any atom is -0.316 e. The van der Waals surface area contributed by atoms with Gasteiger partial charge in [-0.25, -0.2) is 0 Å². The Morgan fingerprint density at radius 3 is 2.62 bits per heavy atom. The van der Waals surface area contributed by atoms with E-state index in [4.69, 9.17) is 0 Å². The van der Waals surface area contributed by atoms with Crippen molar-refractivity contribution >= 4 is 0 Å². The molecule has 3 atom stereocenters. The van der Waals surface area contributed by atoms with E-state index in [0.29, 0.717) is 5.92 Å². The van der Waals surface area contributed by atoms with Gasteiger partial charge in [-0.1, -0.05) is 27.7 Å². The summed E-state index contributed by atoms with van der Waals surface area (Å²) in [6.45, 7) is 11.6. The maximum Gasteiger partial charge on any atom is 0.0524 e. The third-order valence-electron chi connectivity index (χ3n) is 5.09. The Labute approximate surface area is 130 Å². The summed E-state index contributed by atoms with van der Waals surface area (Å²) >= 11 is 0. The molecular formula is C18H33N3. The molecule has 1 aromatic rings. The van der Waals surface area contributed by atoms with Gasteiger partial charge in [-0.2, -0.15) is 5.10 Å². The Morgan fingerprint density at radius 2 is 2.05 bits per heavy atom. The lowest BCUT2D eigenvalue weighted by Crippen LogP contribution is -2.34. The topological polar surface area (TPSA) is 29.9 Å². The van der Waals surface area contributed by atoms with Crippen molar-refractivity contribution in [3.05, 3.63) is 18.0 Å². The standard InChI is InChI=1S/C18H33N3/c1-13(2)9-19-10-16-7-6-15(14(3)4)8-18(16)17-11-20-21(5)12-17/h11-16,18-19H,6-10H2,1-5H3. The minimum atomic E-state index is 0.680. The molecule has 0 aromatic carbocycles. The lowest BCUT2D eigenvalue weighted by atomic mass is 9.68. The van der Waals surface area contributed by atoms with Crippen LogP contribution in [0.25, 0.3) is 0 Å². The van der Waals surface area contributed by atoms with Gasteiger partial charge >= 0.3 is 0 Å². The molecule has 0 spiro atoms. The molecule has 0 aliphatic heterocycles. The normalized spacial score (nSPS) is 26.7. The third-order valence-corrected chi connectivity index (χ3v) is 5.09. The van der Waals surface area contributed by atoms with Crippen LogP contribution in [0, 0.1) is 23.7 Å². The number of nitrogens with one attached hydrogen (secondary N) is 1. The Kier molecular flexibility index (Phi) is 5.86. The number of hydrogen-bond donors (Lipinski definition) is 1. The highest BCUT2D eigenvalue weighted by Gasteiger charge is 2.33. The number of nitrogens with zero attached hydrogens (tertiary/aromatic N) is 2. The molecule has 1 fully saturated rings. The molecule has 3 unspecified atom stereocenters. The first-order valence-electron chi connectivity index (χ1n) is 8.66. The van der Waals surface area contributed by atoms with Crippen LogP contribution in [0.3, 0.4) is 0 Å². The van der Waals surface area contributed by atoms with Crippen molar-refractivity contribution in [2.45, 2.75) is 52.9 Å². The fraction of sp³-hybridized carbons (Fsp3) is 0.833. The molecule has 1 aromatic heterocycles. The van der Waals surface area contributed by atoms with E-state index in [0.717, 1.165) is 36.8 Å². The van der Waals surface area contributed by atoms with E-state index in [9.17, 15) is 0 Å². The van der Waals surface area contributed by atoms with Gasteiger partial charge in [0, 0.05) is 13.2 Å². The zero-order chi connectivity index (χ0) is 15.4. The number of aryl methyl sites for hydroxylation is 1. The average Bonchev–Trinajstić information content (AvgIpc) is 2.85. The SMILES string of the molecule is CC(C)CNCC1CCC(C(C)C)CC1c1cnn(C)c1. The molecule has 3 nitrogen and oxygen atoms in total. The molecule has 120 valence electrons. The smallest absolute Gasteiger partial charge is 0.0524 e. The lowest BCUT2D eigenvalue weighted by molar-refractivity contribution is 0.189. The van der Waals surface area contributed by atoms with Gasteiger partial charge < -0.3 is 5.32 Å². The van der Waals surface area contributed by atoms with Crippen LogP contribution in [0.15, 0.2) is 12.4 Å². The van der Waals surface area contributed by atoms with E-state index in [1.165, 1.54) is 24.8 Å². The fourth-order valence-corrected chi connectivity index (χ4v) is 3.71. The van der Waals surface area contributed by atoms with Crippen molar-refractivity contribution in [3.8, 4) is 0 Å². The molecule has 1 N–H and O–H groups in total. The summed E-state index contributed by atoms with van der Waals surface area (Å²) < 4.78 is 1.95. The van der Waals surface area contributed by atoms with Crippen molar-refractivity contribution in [3.63, 3.8) is 0 Å². The zero-order valence-electron chi connectivity index (χ0n) is 14.5. The molecule has 1 aliphatic rings. The molecule has 0 radical (unpaired) electrons. The first-order chi connectivity index (χ1) is 9.97. The quantitative estimate of drug-likeness (QED) is 0.863. The van der Waals surface area contributed by atoms with E-state index in [1.807, 2.05) is 11.7 Å². The van der Waals surface area contributed by atoms with Crippen LogP contribution >= 0.6 is 0 Å². The van der Waals surface area contributed by atoms with Crippen LogP contribution in [-0.4, -0.2) is 22.9 Å². The van der Waals surface area contributed by atoms with Crippen molar-refractivity contribution < 1.29 is 0 Å². The Balaban J connectivity index is 2.03. The van der Waals surface area contributed by atoms with Gasteiger partial charge in [-0.3, -0.25) is 4.68 Å². The highest BCUT2D eigenvalue weighted by molar-refractivity contribution is 5.14. The van der Waals surface area contributed by atoms with E-state index < -0.39 is 0 Å². The van der Waals surface area contributed by atoms with Crippen LogP contribution < -0.4 is 5.32 Å². The van der Waals surface area contributed by atoms with Crippen molar-refractivity contribution in [2.24, 2.45) is 30.7 Å². The van der Waals surface area contributed by atoms with E-state index in [1.54, 1.807) is 0 Å². The van der Waals surface area contributed by atoms with Gasteiger partial charge in [0.1, 0.15) is 0 Å². The number of aromatic nitrogens is 2. The second-order valence-corrected chi connectivity index (χ2v) is 7.68. The summed E-state index contributed by atoms with van der Waals surface area (Å²) in [6.07, 6.45) is 8.39. The van der Waals surface area contributed by atoms with E-state index in [-0.39, 0.29) is 0 Å². The van der Waals surface area contributed by atoms with E-state index >= 15 is 0 Å². The Hall–Kier alpha value is -0.830. The van der Waals surface area contributed by atoms with Gasteiger partial charge in [0.05, 0.1) is 6.20 Å². The number of hydrogen-bond acceptors (Lipinski definition) is 2. The van der Waals surface area contributed by atoms with Crippen LogP contribution in [0.4, 0.5) is 0 Å². The molecule has 0 saturated heterocycles. The predicted octanol–water partition coefficient (Wildman–Crippen LogP) is 3.82. The van der Waals surface area contributed by atoms with Crippen molar-refractivity contribution in [1.82, 2.24) is 15.1 Å². The summed E-state index contributed by atoms with van der Waals surface area (Å²) in [5.74, 6) is 3.85. The van der Waals surface area contributed by atoms with Crippen LogP contribution in [0.2, 0.25) is 0 Å². The van der Waals surface area contributed by atoms with Gasteiger partial charge in [0.15, 0.2) is 0 Å². The molecule has 2 rings (SSSR count). The first kappa shape index (κ1) is 16.5. The van der Waals surface area contributed by atoms with Crippen molar-refractivity contribution in [2.75, 3.05) is 13.1 Å². The molecule has 1 aliphatic carbocycles. The Bertz CT molecular complexity index is 420. The molecule has 0 bridgehead atoms. The first-order valence-corrected chi connectivity index (χ1v) is 8.66. The summed E-state index contributed by atoms with van der Waals surface area (Å²) in [7, 11) is 2.03. The fourth-order valence-electron chi connectivity index (χ4n) is 3.71. The van der Waals surface area contributed by atoms with E-state index in [2.05, 4.69) is 50.5 Å². The molecule has 1 heterocycles. The van der Waals surface area contributed by atoms with Gasteiger partial charge in [0.2, 0.25) is 0 Å². The van der Waals surface area contributed by atoms with Crippen LogP contribution in [0.5, 0.6) is 0 Å². The maximum atomic E-state index is 4.40. The molecule has 0 amide bonds. The maximum absolute atomic E-state index is 4.40. The summed E-state index contributed by atoms with van der Waals surface area (Å²) in [5, 5.41) is 8.08. The predicted molar refractivity (Wildman–Crippen MR) is 89.3 cm³/mol. The van der Waals surface area contributed by atoms with Crippen LogP contribution in [-0.2, 0) is 7.05 Å². The average molecular weight is 291 g/mol. The highest BCUT2D eigenvalue weighted by Crippen LogP contribution is 2.42. The summed E-state index contributed by atoms with van der Waals surface area (Å²) in [6, 6.07) is 0. The van der Waals surface area contributed by atoms with Crippen LogP contribution in [0.1, 0.15) is 58.4 Å². The summed E-state index contributed by atoms with van der Waals surface area (Å²) in [4.78, 5) is 0. The van der Waals surface area contributed by atoms with Gasteiger partial charge in [0.25, 0.3) is 0 Å². The second-order valence-electron chi connectivity index (χ2n) is 7.68. The van der Waals surface area contributed by atoms with Gasteiger partial charge in [-0.05, 0) is 67.5 Å². The highest BCUT2D eigenvalue weighted by atomic mass is 15.2. The molecular weight excluding hydrogens is 258 g/mol. The van der Waals surface area contributed by atoms with Gasteiger partial charge in [-0.15, -0.1) is 0 Å². The molecule has 1 saturated carbocycles. The monoisotopic (exact) mass is 291 g/mol. The molecule has 21 heavy (non-hydrogen) atoms. The third kappa shape index (κ3) is 4.57. The summed E-state index contributed by atoms with van der Waals surface area (Å²) in [5.41, 5.74) is 1.44. The largest absolute Gasteiger partial charge is 0.316 e. The van der Waals surface area contributed by atoms with Crippen molar-refractivity contribution in [1.29, 1.82) is 0 Å². The second kappa shape index (κ2) is 7.44. The number of rotatable bonds is 6. The molecule has 3 heteroatoms. The zero-order valence-corrected chi connectivity index (χ0v) is 14.5. The minimum absolute atomic E-state index is 0.680. The Morgan fingerprint density at radius 1 is 1.29 bits per heavy atom.